The fourth-order valence-corrected chi connectivity index (χ4v) is 4.68. The first-order valence-corrected chi connectivity index (χ1v) is 11.2. The largest absolute Gasteiger partial charge is 0.463 e. The maximum Gasteiger partial charge on any atom is 0.267 e. The summed E-state index contributed by atoms with van der Waals surface area (Å²) in [6, 6.07) is 22.7. The summed E-state index contributed by atoms with van der Waals surface area (Å²) in [6.45, 7) is 2.40. The molecule has 0 unspecified atom stereocenters. The Labute approximate surface area is 188 Å². The third kappa shape index (κ3) is 3.69. The highest BCUT2D eigenvalue weighted by atomic mass is 32.1. The van der Waals surface area contributed by atoms with Gasteiger partial charge in [0.15, 0.2) is 5.13 Å². The molecule has 5 aromatic rings. The van der Waals surface area contributed by atoms with Gasteiger partial charge in [-0.05, 0) is 41.8 Å². The Balaban J connectivity index is 1.62. The van der Waals surface area contributed by atoms with Crippen molar-refractivity contribution < 1.29 is 9.21 Å². The second-order valence-electron chi connectivity index (χ2n) is 7.50. The molecular weight excluding hydrogens is 420 g/mol. The van der Waals surface area contributed by atoms with E-state index in [9.17, 15) is 9.59 Å². The van der Waals surface area contributed by atoms with Crippen LogP contribution in [0.3, 0.4) is 0 Å². The summed E-state index contributed by atoms with van der Waals surface area (Å²) in [7, 11) is 0. The fourth-order valence-electron chi connectivity index (χ4n) is 3.66. The highest BCUT2D eigenvalue weighted by Crippen LogP contribution is 2.31. The number of nitrogens with zero attached hydrogens (tertiary/aromatic N) is 2. The van der Waals surface area contributed by atoms with Crippen molar-refractivity contribution in [3.05, 3.63) is 106 Å². The van der Waals surface area contributed by atoms with Gasteiger partial charge in [-0.15, -0.1) is 0 Å². The summed E-state index contributed by atoms with van der Waals surface area (Å²) < 4.78 is 6.62. The highest BCUT2D eigenvalue weighted by molar-refractivity contribution is 7.22. The molecule has 0 aliphatic carbocycles. The molecule has 0 saturated carbocycles. The van der Waals surface area contributed by atoms with Crippen LogP contribution in [0.2, 0.25) is 0 Å². The molecule has 0 atom stereocenters. The Morgan fingerprint density at radius 1 is 1.00 bits per heavy atom. The summed E-state index contributed by atoms with van der Waals surface area (Å²) in [5, 5.41) is 0.935. The van der Waals surface area contributed by atoms with Crippen LogP contribution in [0.1, 0.15) is 28.4 Å². The standard InChI is InChI=1S/C26H20N2O3S/c1-2-17-12-13-21-23(14-17)32-26(27-21)28(15-18-8-4-3-5-9-18)25(30)20-16-31-22-11-7-6-10-19(22)24(20)29/h3-14,16H,2,15H2,1H3. The molecule has 0 aliphatic heterocycles. The van der Waals surface area contributed by atoms with E-state index in [2.05, 4.69) is 13.0 Å². The quantitative estimate of drug-likeness (QED) is 0.346. The Morgan fingerprint density at radius 3 is 2.59 bits per heavy atom. The third-order valence-corrected chi connectivity index (χ3v) is 6.46. The van der Waals surface area contributed by atoms with E-state index in [-0.39, 0.29) is 11.0 Å². The first-order valence-electron chi connectivity index (χ1n) is 10.4. The van der Waals surface area contributed by atoms with Crippen LogP contribution >= 0.6 is 11.3 Å². The van der Waals surface area contributed by atoms with Gasteiger partial charge in [0.1, 0.15) is 17.4 Å². The van der Waals surface area contributed by atoms with Crippen LogP contribution in [-0.2, 0) is 13.0 Å². The fraction of sp³-hybridized carbons (Fsp3) is 0.115. The highest BCUT2D eigenvalue weighted by Gasteiger charge is 2.25. The molecule has 0 aliphatic rings. The van der Waals surface area contributed by atoms with Gasteiger partial charge in [-0.3, -0.25) is 14.5 Å². The van der Waals surface area contributed by atoms with Gasteiger partial charge in [0, 0.05) is 0 Å². The van der Waals surface area contributed by atoms with E-state index in [1.54, 1.807) is 29.2 Å². The Bertz CT molecular complexity index is 1490. The number of aromatic nitrogens is 1. The summed E-state index contributed by atoms with van der Waals surface area (Å²) in [4.78, 5) is 33.0. The lowest BCUT2D eigenvalue weighted by Crippen LogP contribution is -2.33. The van der Waals surface area contributed by atoms with E-state index in [1.165, 1.54) is 23.2 Å². The van der Waals surface area contributed by atoms with Gasteiger partial charge in [-0.1, -0.05) is 66.8 Å². The van der Waals surface area contributed by atoms with Crippen LogP contribution in [0.15, 0.2) is 88.3 Å². The molecule has 0 bridgehead atoms. The van der Waals surface area contributed by atoms with Crippen LogP contribution < -0.4 is 10.3 Å². The molecule has 0 spiro atoms. The number of rotatable bonds is 5. The van der Waals surface area contributed by atoms with Crippen LogP contribution in [0, 0.1) is 0 Å². The molecule has 6 heteroatoms. The minimum absolute atomic E-state index is 0.00636. The molecule has 3 aromatic carbocycles. The van der Waals surface area contributed by atoms with Gasteiger partial charge in [-0.25, -0.2) is 4.98 Å². The van der Waals surface area contributed by atoms with Crippen molar-refractivity contribution >= 4 is 43.6 Å². The number of para-hydroxylation sites is 1. The van der Waals surface area contributed by atoms with Crippen molar-refractivity contribution in [1.82, 2.24) is 4.98 Å². The molecular formula is C26H20N2O3S. The summed E-state index contributed by atoms with van der Waals surface area (Å²) >= 11 is 1.45. The van der Waals surface area contributed by atoms with Crippen molar-refractivity contribution in [3.8, 4) is 0 Å². The number of benzene rings is 3. The number of hydrogen-bond acceptors (Lipinski definition) is 5. The average molecular weight is 441 g/mol. The summed E-state index contributed by atoms with van der Waals surface area (Å²) in [5.41, 5.74) is 3.09. The van der Waals surface area contributed by atoms with E-state index in [0.717, 1.165) is 22.2 Å². The smallest absolute Gasteiger partial charge is 0.267 e. The Hall–Kier alpha value is -3.77. The van der Waals surface area contributed by atoms with E-state index in [4.69, 9.17) is 9.40 Å². The van der Waals surface area contributed by atoms with Crippen LogP contribution in [0.25, 0.3) is 21.2 Å². The predicted molar refractivity (Wildman–Crippen MR) is 128 cm³/mol. The maximum absolute atomic E-state index is 13.6. The average Bonchev–Trinajstić information content (AvgIpc) is 3.26. The molecule has 0 fully saturated rings. The predicted octanol–water partition coefficient (Wildman–Crippen LogP) is 5.81. The van der Waals surface area contributed by atoms with E-state index >= 15 is 0 Å². The van der Waals surface area contributed by atoms with E-state index < -0.39 is 5.91 Å². The minimum atomic E-state index is -0.428. The first-order chi connectivity index (χ1) is 15.6. The molecule has 158 valence electrons. The van der Waals surface area contributed by atoms with Crippen molar-refractivity contribution in [2.75, 3.05) is 4.90 Å². The third-order valence-electron chi connectivity index (χ3n) is 5.42. The molecule has 2 aromatic heterocycles. The normalized spacial score (nSPS) is 11.2. The molecule has 0 saturated heterocycles. The monoisotopic (exact) mass is 440 g/mol. The van der Waals surface area contributed by atoms with Crippen molar-refractivity contribution in [3.63, 3.8) is 0 Å². The minimum Gasteiger partial charge on any atom is -0.463 e. The summed E-state index contributed by atoms with van der Waals surface area (Å²) in [6.07, 6.45) is 2.18. The van der Waals surface area contributed by atoms with Gasteiger partial charge in [-0.2, -0.15) is 0 Å². The lowest BCUT2D eigenvalue weighted by atomic mass is 10.1. The zero-order valence-electron chi connectivity index (χ0n) is 17.4. The van der Waals surface area contributed by atoms with Crippen molar-refractivity contribution in [2.45, 2.75) is 19.9 Å². The number of hydrogen-bond donors (Lipinski definition) is 0. The second kappa shape index (κ2) is 8.40. The number of aryl methyl sites for hydroxylation is 1. The molecule has 0 N–H and O–H groups in total. The molecule has 5 nitrogen and oxygen atoms in total. The van der Waals surface area contributed by atoms with Gasteiger partial charge < -0.3 is 4.42 Å². The molecule has 2 heterocycles. The summed E-state index contributed by atoms with van der Waals surface area (Å²) in [5.74, 6) is -0.428. The zero-order chi connectivity index (χ0) is 22.1. The zero-order valence-corrected chi connectivity index (χ0v) is 18.3. The van der Waals surface area contributed by atoms with Crippen LogP contribution in [0.5, 0.6) is 0 Å². The van der Waals surface area contributed by atoms with Gasteiger partial charge >= 0.3 is 0 Å². The SMILES string of the molecule is CCc1ccc2nc(N(Cc3ccccc3)C(=O)c3coc4ccccc4c3=O)sc2c1. The lowest BCUT2D eigenvalue weighted by molar-refractivity contribution is 0.0982. The van der Waals surface area contributed by atoms with E-state index in [0.29, 0.717) is 22.6 Å². The number of amides is 1. The number of carbonyl (C=O) groups excluding carboxylic acids is 1. The first kappa shape index (κ1) is 20.2. The van der Waals surface area contributed by atoms with E-state index in [1.807, 2.05) is 42.5 Å². The van der Waals surface area contributed by atoms with Gasteiger partial charge in [0.25, 0.3) is 5.91 Å². The van der Waals surface area contributed by atoms with Crippen LogP contribution in [0.4, 0.5) is 5.13 Å². The number of fused-ring (bicyclic) bond motifs is 2. The van der Waals surface area contributed by atoms with Crippen molar-refractivity contribution in [2.24, 2.45) is 0 Å². The number of carbonyl (C=O) groups is 1. The molecule has 1 amide bonds. The second-order valence-corrected chi connectivity index (χ2v) is 8.51. The molecule has 0 radical (unpaired) electrons. The van der Waals surface area contributed by atoms with Crippen molar-refractivity contribution in [1.29, 1.82) is 0 Å². The maximum atomic E-state index is 13.6. The topological polar surface area (TPSA) is 63.4 Å². The number of thiazole rings is 1. The Kier molecular flexibility index (Phi) is 5.29. The Morgan fingerprint density at radius 2 is 1.78 bits per heavy atom. The molecule has 32 heavy (non-hydrogen) atoms. The van der Waals surface area contributed by atoms with Crippen LogP contribution in [-0.4, -0.2) is 10.9 Å². The number of anilines is 1. The molecule has 5 rings (SSSR count). The lowest BCUT2D eigenvalue weighted by Gasteiger charge is -2.19. The van der Waals surface area contributed by atoms with Gasteiger partial charge in [0.2, 0.25) is 5.43 Å². The van der Waals surface area contributed by atoms with Gasteiger partial charge in [0.05, 0.1) is 22.1 Å².